The van der Waals surface area contributed by atoms with E-state index in [0.29, 0.717) is 11.8 Å². The standard InChI is InChI=1S/C18H33NO3/c1-12(2)7-10-15-5-4-6-16(19)18(20)22-13(3)17(15)21-11-14-8-9-14/h12-17H,4-11,19H2,1-3H3/t13-,15+,16-,17-/m0/s1. The summed E-state index contributed by atoms with van der Waals surface area (Å²) in [6.07, 6.45) is 7.50. The lowest BCUT2D eigenvalue weighted by atomic mass is 9.86. The van der Waals surface area contributed by atoms with Gasteiger partial charge in [0.25, 0.3) is 0 Å². The smallest absolute Gasteiger partial charge is 0.323 e. The summed E-state index contributed by atoms with van der Waals surface area (Å²) in [6.45, 7) is 7.30. The predicted octanol–water partition coefficient (Wildman–Crippen LogP) is 3.28. The zero-order chi connectivity index (χ0) is 16.1. The Balaban J connectivity index is 2.02. The molecule has 2 aliphatic rings. The van der Waals surface area contributed by atoms with Crippen molar-refractivity contribution in [1.82, 2.24) is 0 Å². The summed E-state index contributed by atoms with van der Waals surface area (Å²) in [6, 6.07) is -0.476. The number of nitrogens with two attached hydrogens (primary N) is 1. The van der Waals surface area contributed by atoms with E-state index in [9.17, 15) is 4.79 Å². The summed E-state index contributed by atoms with van der Waals surface area (Å²) in [5.41, 5.74) is 5.91. The number of hydrogen-bond acceptors (Lipinski definition) is 4. The first kappa shape index (κ1) is 17.7. The second-order valence-corrected chi connectivity index (χ2v) is 7.65. The molecule has 0 spiro atoms. The first-order valence-electron chi connectivity index (χ1n) is 9.05. The fourth-order valence-corrected chi connectivity index (χ4v) is 3.26. The Morgan fingerprint density at radius 3 is 2.64 bits per heavy atom. The maximum atomic E-state index is 12.0. The fourth-order valence-electron chi connectivity index (χ4n) is 3.26. The van der Waals surface area contributed by atoms with Crippen molar-refractivity contribution >= 4 is 5.97 Å². The van der Waals surface area contributed by atoms with Crippen LogP contribution in [-0.4, -0.2) is 30.8 Å². The van der Waals surface area contributed by atoms with Crippen LogP contribution in [0.4, 0.5) is 0 Å². The van der Waals surface area contributed by atoms with Crippen LogP contribution in [-0.2, 0) is 14.3 Å². The highest BCUT2D eigenvalue weighted by molar-refractivity contribution is 5.75. The van der Waals surface area contributed by atoms with Crippen molar-refractivity contribution in [2.45, 2.75) is 84.0 Å². The van der Waals surface area contributed by atoms with Gasteiger partial charge in [-0.1, -0.05) is 26.7 Å². The largest absolute Gasteiger partial charge is 0.459 e. The molecule has 2 rings (SSSR count). The van der Waals surface area contributed by atoms with Crippen LogP contribution in [0.2, 0.25) is 0 Å². The average Bonchev–Trinajstić information content (AvgIpc) is 3.26. The van der Waals surface area contributed by atoms with E-state index in [4.69, 9.17) is 15.2 Å². The topological polar surface area (TPSA) is 61.6 Å². The Labute approximate surface area is 135 Å². The monoisotopic (exact) mass is 311 g/mol. The van der Waals surface area contributed by atoms with Crippen LogP contribution in [0.25, 0.3) is 0 Å². The number of cyclic esters (lactones) is 1. The van der Waals surface area contributed by atoms with Crippen LogP contribution >= 0.6 is 0 Å². The van der Waals surface area contributed by atoms with Gasteiger partial charge in [0.2, 0.25) is 0 Å². The van der Waals surface area contributed by atoms with Gasteiger partial charge >= 0.3 is 5.97 Å². The van der Waals surface area contributed by atoms with Crippen molar-refractivity contribution < 1.29 is 14.3 Å². The van der Waals surface area contributed by atoms with E-state index < -0.39 is 6.04 Å². The molecule has 0 bridgehead atoms. The van der Waals surface area contributed by atoms with Gasteiger partial charge in [-0.2, -0.15) is 0 Å². The molecule has 0 unspecified atom stereocenters. The third-order valence-electron chi connectivity index (χ3n) is 4.96. The van der Waals surface area contributed by atoms with Gasteiger partial charge in [0.05, 0.1) is 6.10 Å². The number of ether oxygens (including phenoxy) is 2. The summed E-state index contributed by atoms with van der Waals surface area (Å²) in [5.74, 6) is 1.62. The zero-order valence-corrected chi connectivity index (χ0v) is 14.4. The summed E-state index contributed by atoms with van der Waals surface area (Å²) >= 11 is 0. The molecule has 2 fully saturated rings. The molecule has 1 aliphatic heterocycles. The average molecular weight is 311 g/mol. The van der Waals surface area contributed by atoms with Gasteiger partial charge in [-0.15, -0.1) is 0 Å². The lowest BCUT2D eigenvalue weighted by Crippen LogP contribution is -2.40. The maximum absolute atomic E-state index is 12.0. The molecule has 4 heteroatoms. The van der Waals surface area contributed by atoms with E-state index in [-0.39, 0.29) is 18.2 Å². The molecule has 1 aliphatic carbocycles. The molecule has 1 saturated heterocycles. The van der Waals surface area contributed by atoms with E-state index >= 15 is 0 Å². The zero-order valence-electron chi connectivity index (χ0n) is 14.4. The first-order valence-corrected chi connectivity index (χ1v) is 9.05. The van der Waals surface area contributed by atoms with Crippen LogP contribution < -0.4 is 5.73 Å². The van der Waals surface area contributed by atoms with Crippen LogP contribution in [0.5, 0.6) is 0 Å². The van der Waals surface area contributed by atoms with Crippen molar-refractivity contribution in [2.75, 3.05) is 6.61 Å². The fraction of sp³-hybridized carbons (Fsp3) is 0.944. The molecule has 4 atom stereocenters. The number of hydrogen-bond donors (Lipinski definition) is 1. The molecule has 22 heavy (non-hydrogen) atoms. The summed E-state index contributed by atoms with van der Waals surface area (Å²) in [7, 11) is 0. The lowest BCUT2D eigenvalue weighted by molar-refractivity contribution is -0.160. The molecule has 0 radical (unpaired) electrons. The van der Waals surface area contributed by atoms with Crippen molar-refractivity contribution in [3.05, 3.63) is 0 Å². The van der Waals surface area contributed by atoms with Gasteiger partial charge in [0, 0.05) is 6.61 Å². The number of rotatable bonds is 6. The normalized spacial score (nSPS) is 34.0. The maximum Gasteiger partial charge on any atom is 0.323 e. The Hall–Kier alpha value is -0.610. The number of carbonyl (C=O) groups excluding carboxylic acids is 1. The van der Waals surface area contributed by atoms with Crippen molar-refractivity contribution in [2.24, 2.45) is 23.5 Å². The van der Waals surface area contributed by atoms with Crippen LogP contribution in [0, 0.1) is 17.8 Å². The van der Waals surface area contributed by atoms with Crippen molar-refractivity contribution in [3.8, 4) is 0 Å². The quantitative estimate of drug-likeness (QED) is 0.765. The van der Waals surface area contributed by atoms with Gasteiger partial charge in [-0.25, -0.2) is 0 Å². The van der Waals surface area contributed by atoms with Gasteiger partial charge in [-0.05, 0) is 56.8 Å². The SMILES string of the molecule is CC(C)CC[C@H]1CCC[C@H](N)C(=O)O[C@@H](C)[C@@H]1OCC1CC1. The van der Waals surface area contributed by atoms with E-state index in [1.54, 1.807) is 0 Å². The minimum absolute atomic E-state index is 0.0219. The molecule has 128 valence electrons. The molecular weight excluding hydrogens is 278 g/mol. The molecule has 0 amide bonds. The molecule has 0 aromatic rings. The van der Waals surface area contributed by atoms with Gasteiger partial charge in [0.15, 0.2) is 0 Å². The molecule has 4 nitrogen and oxygen atoms in total. The van der Waals surface area contributed by atoms with Crippen molar-refractivity contribution in [3.63, 3.8) is 0 Å². The highest BCUT2D eigenvalue weighted by Crippen LogP contribution is 2.33. The predicted molar refractivity (Wildman–Crippen MR) is 87.4 cm³/mol. The Morgan fingerprint density at radius 1 is 1.27 bits per heavy atom. The number of esters is 1. The second-order valence-electron chi connectivity index (χ2n) is 7.65. The molecule has 2 N–H and O–H groups in total. The lowest BCUT2D eigenvalue weighted by Gasteiger charge is -2.31. The van der Waals surface area contributed by atoms with E-state index in [2.05, 4.69) is 13.8 Å². The minimum Gasteiger partial charge on any atom is -0.459 e. The summed E-state index contributed by atoms with van der Waals surface area (Å²) in [5, 5.41) is 0. The van der Waals surface area contributed by atoms with E-state index in [1.165, 1.54) is 19.3 Å². The Kier molecular flexibility index (Phi) is 6.69. The van der Waals surface area contributed by atoms with E-state index in [0.717, 1.165) is 38.2 Å². The highest BCUT2D eigenvalue weighted by Gasteiger charge is 2.34. The highest BCUT2D eigenvalue weighted by atomic mass is 16.6. The molecule has 0 aromatic carbocycles. The molecule has 1 saturated carbocycles. The van der Waals surface area contributed by atoms with Gasteiger partial charge in [-0.3, -0.25) is 4.79 Å². The van der Waals surface area contributed by atoms with Crippen LogP contribution in [0.1, 0.15) is 65.7 Å². The van der Waals surface area contributed by atoms with Crippen LogP contribution in [0.3, 0.4) is 0 Å². The van der Waals surface area contributed by atoms with Gasteiger partial charge in [0.1, 0.15) is 12.1 Å². The van der Waals surface area contributed by atoms with Gasteiger partial charge < -0.3 is 15.2 Å². The Morgan fingerprint density at radius 2 is 2.00 bits per heavy atom. The summed E-state index contributed by atoms with van der Waals surface area (Å²) in [4.78, 5) is 12.0. The minimum atomic E-state index is -0.476. The number of carbonyl (C=O) groups is 1. The van der Waals surface area contributed by atoms with E-state index in [1.807, 2.05) is 6.92 Å². The third-order valence-corrected chi connectivity index (χ3v) is 4.96. The van der Waals surface area contributed by atoms with Crippen LogP contribution in [0.15, 0.2) is 0 Å². The summed E-state index contributed by atoms with van der Waals surface area (Å²) < 4.78 is 11.8. The molecule has 0 aromatic heterocycles. The van der Waals surface area contributed by atoms with Crippen molar-refractivity contribution in [1.29, 1.82) is 0 Å². The molecule has 1 heterocycles. The second kappa shape index (κ2) is 8.30. The third kappa shape index (κ3) is 5.54. The first-order chi connectivity index (χ1) is 10.5. The molecular formula is C18H33NO3. The Bertz CT molecular complexity index is 354.